The van der Waals surface area contributed by atoms with Crippen LogP contribution < -0.4 is 0 Å². The molecule has 0 aromatic carbocycles. The van der Waals surface area contributed by atoms with Crippen LogP contribution in [0.2, 0.25) is 0 Å². The van der Waals surface area contributed by atoms with Gasteiger partial charge < -0.3 is 35.4 Å². The Labute approximate surface area is 130 Å². The zero-order valence-corrected chi connectivity index (χ0v) is 9.50. The van der Waals surface area contributed by atoms with Crippen LogP contribution in [0.25, 0.3) is 0 Å². The molecular weight excluding hydrogens is 275 g/mol. The molecule has 0 fully saturated rings. The number of hydrogen-bond donors (Lipinski definition) is 6. The predicted octanol–water partition coefficient (Wildman–Crippen LogP) is -4.21. The minimum absolute atomic E-state index is 0. The number of esters is 1. The Balaban J connectivity index is 0. The number of aliphatic carboxylic acids is 1. The van der Waals surface area contributed by atoms with E-state index in [2.05, 4.69) is 4.74 Å². The molecule has 0 aliphatic heterocycles. The molecule has 108 valence electrons. The summed E-state index contributed by atoms with van der Waals surface area (Å²) in [4.78, 5) is 21.5. The summed E-state index contributed by atoms with van der Waals surface area (Å²) in [6, 6.07) is 0. The number of carboxylic acids is 1. The van der Waals surface area contributed by atoms with Crippen molar-refractivity contribution in [1.82, 2.24) is 0 Å². The van der Waals surface area contributed by atoms with Gasteiger partial charge in [0.05, 0.1) is 6.61 Å². The molecule has 10 heteroatoms. The molecule has 1 unspecified atom stereocenters. The fraction of sp³-hybridized carbons (Fsp3) is 0.778. The van der Waals surface area contributed by atoms with Crippen molar-refractivity contribution in [1.29, 1.82) is 0 Å². The third kappa shape index (κ3) is 6.63. The number of ether oxygens (including phenoxy) is 1. The Kier molecular flexibility index (Phi) is 10.6. The maximum absolute atomic E-state index is 11.2. The molecule has 0 aliphatic rings. The summed E-state index contributed by atoms with van der Waals surface area (Å²) in [5.41, 5.74) is 0. The normalized spacial score (nSPS) is 18.4. The van der Waals surface area contributed by atoms with Crippen molar-refractivity contribution >= 4 is 41.5 Å². The Morgan fingerprint density at radius 3 is 1.95 bits per heavy atom. The van der Waals surface area contributed by atoms with Crippen LogP contribution >= 0.6 is 0 Å². The molecule has 0 aromatic rings. The van der Waals surface area contributed by atoms with Gasteiger partial charge in [-0.2, -0.15) is 0 Å². The van der Waals surface area contributed by atoms with E-state index in [1.54, 1.807) is 0 Å². The number of aliphatic hydroxyl groups is 5. The van der Waals surface area contributed by atoms with Crippen LogP contribution in [0.4, 0.5) is 0 Å². The maximum atomic E-state index is 11.2. The van der Waals surface area contributed by atoms with E-state index in [9.17, 15) is 24.9 Å². The molecule has 0 saturated heterocycles. The summed E-state index contributed by atoms with van der Waals surface area (Å²) >= 11 is 0. The van der Waals surface area contributed by atoms with Gasteiger partial charge in [0, 0.05) is 0 Å². The van der Waals surface area contributed by atoms with Gasteiger partial charge >= 0.3 is 41.5 Å². The molecule has 6 N–H and O–H groups in total. The van der Waals surface area contributed by atoms with Crippen LogP contribution in [0, 0.1) is 0 Å². The van der Waals surface area contributed by atoms with Gasteiger partial charge in [0.15, 0.2) is 12.2 Å². The first-order valence-electron chi connectivity index (χ1n) is 4.98. The van der Waals surface area contributed by atoms with E-state index in [1.165, 1.54) is 0 Å². The van der Waals surface area contributed by atoms with Crippen molar-refractivity contribution < 1.29 is 45.0 Å². The van der Waals surface area contributed by atoms with E-state index in [1.807, 2.05) is 0 Å². The quantitative estimate of drug-likeness (QED) is 0.201. The van der Waals surface area contributed by atoms with Gasteiger partial charge in [0.1, 0.15) is 18.3 Å². The number of carbonyl (C=O) groups is 2. The topological polar surface area (TPSA) is 165 Å². The second-order valence-corrected chi connectivity index (χ2v) is 3.59. The van der Waals surface area contributed by atoms with Crippen LogP contribution in [0.15, 0.2) is 0 Å². The Morgan fingerprint density at radius 2 is 1.58 bits per heavy atom. The van der Waals surface area contributed by atoms with Crippen molar-refractivity contribution in [3.63, 3.8) is 0 Å². The number of hydrogen-bond acceptors (Lipinski definition) is 8. The van der Waals surface area contributed by atoms with Crippen LogP contribution in [0.1, 0.15) is 6.92 Å². The molecule has 0 bridgehead atoms. The molecule has 9 nitrogen and oxygen atoms in total. The van der Waals surface area contributed by atoms with Gasteiger partial charge in [-0.05, 0) is 6.92 Å². The molecular formula is C9H17NaO9. The van der Waals surface area contributed by atoms with E-state index >= 15 is 0 Å². The first-order valence-corrected chi connectivity index (χ1v) is 4.98. The minimum atomic E-state index is -2.25. The first kappa shape index (κ1) is 21.0. The van der Waals surface area contributed by atoms with Crippen molar-refractivity contribution in [2.24, 2.45) is 0 Å². The summed E-state index contributed by atoms with van der Waals surface area (Å²) in [7, 11) is 0. The molecule has 0 radical (unpaired) electrons. The average molecular weight is 292 g/mol. The van der Waals surface area contributed by atoms with E-state index in [0.29, 0.717) is 0 Å². The van der Waals surface area contributed by atoms with Gasteiger partial charge in [0.2, 0.25) is 0 Å². The summed E-state index contributed by atoms with van der Waals surface area (Å²) < 4.78 is 4.25. The average Bonchev–Trinajstić information content (AvgIpc) is 2.34. The van der Waals surface area contributed by atoms with E-state index < -0.39 is 49.1 Å². The van der Waals surface area contributed by atoms with Crippen molar-refractivity contribution in [2.45, 2.75) is 37.4 Å². The van der Waals surface area contributed by atoms with E-state index in [4.69, 9.17) is 15.3 Å². The van der Waals surface area contributed by atoms with Gasteiger partial charge in [-0.3, -0.25) is 0 Å². The third-order valence-electron chi connectivity index (χ3n) is 2.14. The van der Waals surface area contributed by atoms with E-state index in [-0.39, 0.29) is 29.6 Å². The summed E-state index contributed by atoms with van der Waals surface area (Å²) in [6.07, 6.45) is -9.67. The van der Waals surface area contributed by atoms with Crippen molar-refractivity contribution in [3.05, 3.63) is 0 Å². The molecule has 5 atom stereocenters. The van der Waals surface area contributed by atoms with Crippen LogP contribution in [0.5, 0.6) is 0 Å². The molecule has 0 aliphatic carbocycles. The number of carbonyl (C=O) groups excluding carboxylic acids is 1. The number of rotatable bonds is 7. The molecule has 0 aromatic heterocycles. The van der Waals surface area contributed by atoms with Gasteiger partial charge in [-0.25, -0.2) is 9.59 Å². The summed E-state index contributed by atoms with van der Waals surface area (Å²) in [5, 5.41) is 53.7. The number of carboxylic acid groups (broad SMARTS) is 1. The second kappa shape index (κ2) is 9.61. The van der Waals surface area contributed by atoms with Gasteiger partial charge in [0.25, 0.3) is 0 Å². The molecule has 0 spiro atoms. The zero-order chi connectivity index (χ0) is 14.5. The molecule has 19 heavy (non-hydrogen) atoms. The molecule has 0 amide bonds. The second-order valence-electron chi connectivity index (χ2n) is 3.59. The number of aliphatic hydroxyl groups excluding tert-OH is 5. The predicted molar refractivity (Wildman–Crippen MR) is 61.5 cm³/mol. The monoisotopic (exact) mass is 292 g/mol. The Hall–Kier alpha value is -0.260. The standard InChI is InChI=1S/C9H16O9.Na.H/c1-3(8(15)16)18-9(17)7(14)6(13)5(12)4(11)2-10;;/h3-7,10-14H,2H2,1H3,(H,15,16);;/t3?,4-,5-,6+,7-;;/m1../s1. The van der Waals surface area contributed by atoms with E-state index in [0.717, 1.165) is 6.92 Å². The van der Waals surface area contributed by atoms with Crippen LogP contribution in [0.3, 0.4) is 0 Å². The van der Waals surface area contributed by atoms with Crippen molar-refractivity contribution in [2.75, 3.05) is 6.61 Å². The summed E-state index contributed by atoms with van der Waals surface area (Å²) in [6.45, 7) is 0.129. The van der Waals surface area contributed by atoms with Crippen LogP contribution in [-0.2, 0) is 14.3 Å². The van der Waals surface area contributed by atoms with Crippen LogP contribution in [-0.4, -0.2) is 109 Å². The zero-order valence-electron chi connectivity index (χ0n) is 9.50. The van der Waals surface area contributed by atoms with Gasteiger partial charge in [-0.1, -0.05) is 0 Å². The summed E-state index contributed by atoms with van der Waals surface area (Å²) in [5.74, 6) is -2.93. The fourth-order valence-corrected chi connectivity index (χ4v) is 0.956. The van der Waals surface area contributed by atoms with Crippen molar-refractivity contribution in [3.8, 4) is 0 Å². The Bertz CT molecular complexity index is 297. The molecule has 0 rings (SSSR count). The fourth-order valence-electron chi connectivity index (χ4n) is 0.956. The van der Waals surface area contributed by atoms with Gasteiger partial charge in [-0.15, -0.1) is 0 Å². The first-order chi connectivity index (χ1) is 8.22. The third-order valence-corrected chi connectivity index (χ3v) is 2.14. The SMILES string of the molecule is CC(OC(=O)[C@H](O)[C@@H](O)[C@H](O)[C@H](O)CO)C(=O)O.[NaH]. The Morgan fingerprint density at radius 1 is 1.11 bits per heavy atom. The molecule has 0 heterocycles. The molecule has 0 saturated carbocycles.